The third-order valence-corrected chi connectivity index (χ3v) is 2.86. The van der Waals surface area contributed by atoms with Crippen molar-refractivity contribution in [2.45, 2.75) is 13.2 Å². The van der Waals surface area contributed by atoms with Crippen LogP contribution in [0.1, 0.15) is 11.1 Å². The molecule has 0 aliphatic heterocycles. The maximum atomic E-state index is 5.84. The molecular formula is C14H15ClN2O2. The van der Waals surface area contributed by atoms with Crippen LogP contribution in [0.2, 0.25) is 5.02 Å². The number of halogens is 1. The predicted molar refractivity (Wildman–Crippen MR) is 74.5 cm³/mol. The summed E-state index contributed by atoms with van der Waals surface area (Å²) in [6, 6.07) is 7.54. The summed E-state index contributed by atoms with van der Waals surface area (Å²) < 4.78 is 10.9. The standard InChI is InChI=1S/C14H15ClN2O2/c1-18-14-4-10(2-3-11(14)6-16)9-19-13-5-12(15)7-17-8-13/h2-5,7-8H,6,9,16H2,1H3. The number of rotatable bonds is 5. The molecule has 0 atom stereocenters. The Kier molecular flexibility index (Phi) is 4.60. The van der Waals surface area contributed by atoms with Gasteiger partial charge in [-0.15, -0.1) is 0 Å². The topological polar surface area (TPSA) is 57.4 Å². The molecule has 1 aromatic heterocycles. The van der Waals surface area contributed by atoms with Crippen molar-refractivity contribution in [2.24, 2.45) is 5.73 Å². The molecule has 0 saturated carbocycles. The number of benzene rings is 1. The van der Waals surface area contributed by atoms with E-state index in [0.717, 1.165) is 16.9 Å². The Bertz CT molecular complexity index is 561. The second-order valence-corrected chi connectivity index (χ2v) is 4.41. The summed E-state index contributed by atoms with van der Waals surface area (Å²) in [4.78, 5) is 3.96. The molecule has 2 N–H and O–H groups in total. The van der Waals surface area contributed by atoms with Crippen molar-refractivity contribution in [3.8, 4) is 11.5 Å². The third kappa shape index (κ3) is 3.59. The summed E-state index contributed by atoms with van der Waals surface area (Å²) in [6.45, 7) is 0.867. The van der Waals surface area contributed by atoms with Gasteiger partial charge in [-0.2, -0.15) is 0 Å². The minimum Gasteiger partial charge on any atom is -0.496 e. The second kappa shape index (κ2) is 6.41. The normalized spacial score (nSPS) is 10.3. The first kappa shape index (κ1) is 13.6. The molecule has 1 heterocycles. The molecule has 2 aromatic rings. The van der Waals surface area contributed by atoms with Crippen LogP contribution in [-0.4, -0.2) is 12.1 Å². The lowest BCUT2D eigenvalue weighted by molar-refractivity contribution is 0.304. The number of methoxy groups -OCH3 is 1. The van der Waals surface area contributed by atoms with Crippen LogP contribution in [0.25, 0.3) is 0 Å². The lowest BCUT2D eigenvalue weighted by Gasteiger charge is -2.10. The number of aromatic nitrogens is 1. The van der Waals surface area contributed by atoms with Crippen molar-refractivity contribution < 1.29 is 9.47 Å². The molecule has 19 heavy (non-hydrogen) atoms. The number of nitrogens with zero attached hydrogens (tertiary/aromatic N) is 1. The Labute approximate surface area is 117 Å². The van der Waals surface area contributed by atoms with E-state index in [9.17, 15) is 0 Å². The first-order valence-electron chi connectivity index (χ1n) is 5.82. The monoisotopic (exact) mass is 278 g/mol. The third-order valence-electron chi connectivity index (χ3n) is 2.66. The zero-order valence-electron chi connectivity index (χ0n) is 10.6. The summed E-state index contributed by atoms with van der Waals surface area (Å²) in [6.07, 6.45) is 3.19. The van der Waals surface area contributed by atoms with Crippen LogP contribution in [0.4, 0.5) is 0 Å². The van der Waals surface area contributed by atoms with E-state index in [2.05, 4.69) is 4.98 Å². The zero-order chi connectivity index (χ0) is 13.7. The van der Waals surface area contributed by atoms with Gasteiger partial charge in [-0.05, 0) is 11.6 Å². The van der Waals surface area contributed by atoms with Crippen molar-refractivity contribution in [1.29, 1.82) is 0 Å². The average molecular weight is 279 g/mol. The highest BCUT2D eigenvalue weighted by Gasteiger charge is 2.04. The first-order valence-corrected chi connectivity index (χ1v) is 6.20. The lowest BCUT2D eigenvalue weighted by atomic mass is 10.1. The summed E-state index contributed by atoms with van der Waals surface area (Å²) in [7, 11) is 1.63. The Morgan fingerprint density at radius 2 is 2.11 bits per heavy atom. The summed E-state index contributed by atoms with van der Waals surface area (Å²) in [5.41, 5.74) is 7.59. The molecular weight excluding hydrogens is 264 g/mol. The largest absolute Gasteiger partial charge is 0.496 e. The van der Waals surface area contributed by atoms with E-state index in [1.165, 1.54) is 0 Å². The van der Waals surface area contributed by atoms with Crippen molar-refractivity contribution in [1.82, 2.24) is 4.98 Å². The fourth-order valence-corrected chi connectivity index (χ4v) is 1.85. The van der Waals surface area contributed by atoms with E-state index in [-0.39, 0.29) is 0 Å². The molecule has 0 radical (unpaired) electrons. The molecule has 0 saturated heterocycles. The summed E-state index contributed by atoms with van der Waals surface area (Å²) >= 11 is 5.84. The van der Waals surface area contributed by atoms with Crippen LogP contribution in [-0.2, 0) is 13.2 Å². The maximum Gasteiger partial charge on any atom is 0.139 e. The van der Waals surface area contributed by atoms with Gasteiger partial charge in [0.2, 0.25) is 0 Å². The Morgan fingerprint density at radius 1 is 1.26 bits per heavy atom. The number of hydrogen-bond acceptors (Lipinski definition) is 4. The molecule has 0 spiro atoms. The van der Waals surface area contributed by atoms with Gasteiger partial charge in [-0.1, -0.05) is 23.7 Å². The number of ether oxygens (including phenoxy) is 2. The van der Waals surface area contributed by atoms with Crippen LogP contribution in [0.3, 0.4) is 0 Å². The fourth-order valence-electron chi connectivity index (χ4n) is 1.69. The van der Waals surface area contributed by atoms with Gasteiger partial charge in [0, 0.05) is 24.4 Å². The fraction of sp³-hybridized carbons (Fsp3) is 0.214. The molecule has 4 nitrogen and oxygen atoms in total. The molecule has 0 unspecified atom stereocenters. The Morgan fingerprint density at radius 3 is 2.79 bits per heavy atom. The quantitative estimate of drug-likeness (QED) is 0.914. The zero-order valence-corrected chi connectivity index (χ0v) is 11.4. The summed E-state index contributed by atoms with van der Waals surface area (Å²) in [5, 5.41) is 0.550. The highest BCUT2D eigenvalue weighted by Crippen LogP contribution is 2.21. The molecule has 1 aromatic carbocycles. The molecule has 0 amide bonds. The van der Waals surface area contributed by atoms with Crippen LogP contribution in [0.15, 0.2) is 36.7 Å². The minimum absolute atomic E-state index is 0.420. The Hall–Kier alpha value is -1.78. The van der Waals surface area contributed by atoms with E-state index in [4.69, 9.17) is 26.8 Å². The number of pyridine rings is 1. The maximum absolute atomic E-state index is 5.84. The second-order valence-electron chi connectivity index (χ2n) is 3.98. The number of nitrogens with two attached hydrogens (primary N) is 1. The van der Waals surface area contributed by atoms with Gasteiger partial charge in [0.15, 0.2) is 0 Å². The van der Waals surface area contributed by atoms with Crippen molar-refractivity contribution in [3.05, 3.63) is 52.8 Å². The van der Waals surface area contributed by atoms with Crippen LogP contribution >= 0.6 is 11.6 Å². The van der Waals surface area contributed by atoms with Gasteiger partial charge in [0.05, 0.1) is 18.3 Å². The van der Waals surface area contributed by atoms with E-state index in [1.807, 2.05) is 18.2 Å². The van der Waals surface area contributed by atoms with Crippen molar-refractivity contribution in [2.75, 3.05) is 7.11 Å². The predicted octanol–water partition coefficient (Wildman–Crippen LogP) is 2.78. The van der Waals surface area contributed by atoms with E-state index in [0.29, 0.717) is 23.9 Å². The van der Waals surface area contributed by atoms with Gasteiger partial charge in [-0.3, -0.25) is 4.98 Å². The molecule has 0 fully saturated rings. The van der Waals surface area contributed by atoms with Gasteiger partial charge < -0.3 is 15.2 Å². The van der Waals surface area contributed by atoms with E-state index in [1.54, 1.807) is 25.6 Å². The van der Waals surface area contributed by atoms with Crippen molar-refractivity contribution >= 4 is 11.6 Å². The molecule has 5 heteroatoms. The molecule has 100 valence electrons. The average Bonchev–Trinajstić information content (AvgIpc) is 2.45. The Balaban J connectivity index is 2.07. The highest BCUT2D eigenvalue weighted by atomic mass is 35.5. The molecule has 2 rings (SSSR count). The van der Waals surface area contributed by atoms with Gasteiger partial charge in [-0.25, -0.2) is 0 Å². The van der Waals surface area contributed by atoms with Gasteiger partial charge in [0.1, 0.15) is 18.1 Å². The molecule has 0 aliphatic rings. The van der Waals surface area contributed by atoms with E-state index >= 15 is 0 Å². The molecule has 0 bridgehead atoms. The van der Waals surface area contributed by atoms with Crippen LogP contribution in [0, 0.1) is 0 Å². The first-order chi connectivity index (χ1) is 9.22. The van der Waals surface area contributed by atoms with Gasteiger partial charge >= 0.3 is 0 Å². The minimum atomic E-state index is 0.420. The van der Waals surface area contributed by atoms with Gasteiger partial charge in [0.25, 0.3) is 0 Å². The smallest absolute Gasteiger partial charge is 0.139 e. The highest BCUT2D eigenvalue weighted by molar-refractivity contribution is 6.30. The van der Waals surface area contributed by atoms with Crippen LogP contribution < -0.4 is 15.2 Å². The SMILES string of the molecule is COc1cc(COc2cncc(Cl)c2)ccc1CN. The van der Waals surface area contributed by atoms with Crippen LogP contribution in [0.5, 0.6) is 11.5 Å². The summed E-state index contributed by atoms with van der Waals surface area (Å²) in [5.74, 6) is 1.40. The van der Waals surface area contributed by atoms with E-state index < -0.39 is 0 Å². The molecule has 0 aliphatic carbocycles. The number of hydrogen-bond donors (Lipinski definition) is 1. The lowest BCUT2D eigenvalue weighted by Crippen LogP contribution is -2.02. The van der Waals surface area contributed by atoms with Crippen molar-refractivity contribution in [3.63, 3.8) is 0 Å².